The maximum absolute atomic E-state index is 11.8. The molecule has 0 aliphatic rings. The van der Waals surface area contributed by atoms with Crippen LogP contribution in [0.5, 0.6) is 5.75 Å². The molecule has 0 spiro atoms. The molecule has 0 bridgehead atoms. The first-order valence-corrected chi connectivity index (χ1v) is 7.28. The van der Waals surface area contributed by atoms with Crippen LogP contribution < -0.4 is 9.20 Å². The Morgan fingerprint density at radius 2 is 2.00 bits per heavy atom. The van der Waals surface area contributed by atoms with E-state index in [-0.39, 0.29) is 19.6 Å². The molecule has 0 amide bonds. The molecule has 16 heavy (non-hydrogen) atoms. The molecule has 2 aromatic rings. The van der Waals surface area contributed by atoms with Gasteiger partial charge in [0.1, 0.15) is 0 Å². The molecule has 0 unspecified atom stereocenters. The van der Waals surface area contributed by atoms with E-state index < -0.39 is 0 Å². The van der Waals surface area contributed by atoms with E-state index in [1.807, 2.05) is 41.8 Å². The van der Waals surface area contributed by atoms with Gasteiger partial charge in [-0.1, -0.05) is 0 Å². The SMILES string of the molecule is COc1ccc([Se]C(=O)c2cccs2)cc1. The van der Waals surface area contributed by atoms with Crippen molar-refractivity contribution in [2.24, 2.45) is 0 Å². The van der Waals surface area contributed by atoms with E-state index in [9.17, 15) is 4.79 Å². The van der Waals surface area contributed by atoms with Crippen molar-refractivity contribution >= 4 is 35.4 Å². The monoisotopic (exact) mass is 298 g/mol. The Labute approximate surface area is 104 Å². The molecule has 1 aromatic heterocycles. The van der Waals surface area contributed by atoms with E-state index in [0.29, 0.717) is 0 Å². The van der Waals surface area contributed by atoms with Crippen molar-refractivity contribution in [1.29, 1.82) is 0 Å². The molecular weight excluding hydrogens is 287 g/mol. The van der Waals surface area contributed by atoms with Crippen molar-refractivity contribution in [3.05, 3.63) is 46.7 Å². The molecule has 0 aliphatic carbocycles. The molecule has 2 rings (SSSR count). The zero-order chi connectivity index (χ0) is 11.4. The van der Waals surface area contributed by atoms with Gasteiger partial charge >= 0.3 is 104 Å². The maximum atomic E-state index is 11.8. The van der Waals surface area contributed by atoms with Crippen molar-refractivity contribution in [1.82, 2.24) is 0 Å². The van der Waals surface area contributed by atoms with E-state index >= 15 is 0 Å². The standard InChI is InChI=1S/C12H10O2SSe/c1-14-9-4-6-10(7-5-9)16-12(13)11-3-2-8-15-11/h2-8H,1H3. The van der Waals surface area contributed by atoms with Crippen LogP contribution in [0.2, 0.25) is 0 Å². The van der Waals surface area contributed by atoms with Gasteiger partial charge in [-0.3, -0.25) is 0 Å². The van der Waals surface area contributed by atoms with E-state index in [4.69, 9.17) is 4.74 Å². The Balaban J connectivity index is 2.06. The summed E-state index contributed by atoms with van der Waals surface area (Å²) in [5.41, 5.74) is 0. The van der Waals surface area contributed by atoms with E-state index in [2.05, 4.69) is 0 Å². The predicted octanol–water partition coefficient (Wildman–Crippen LogP) is 1.93. The van der Waals surface area contributed by atoms with Crippen molar-refractivity contribution < 1.29 is 9.53 Å². The minimum atomic E-state index is -0.142. The summed E-state index contributed by atoms with van der Waals surface area (Å²) in [6.07, 6.45) is 0. The average molecular weight is 297 g/mol. The van der Waals surface area contributed by atoms with Crippen LogP contribution in [0.1, 0.15) is 9.67 Å². The number of ether oxygens (including phenoxy) is 1. The molecule has 0 radical (unpaired) electrons. The molecule has 4 heteroatoms. The minimum absolute atomic E-state index is 0.142. The van der Waals surface area contributed by atoms with Gasteiger partial charge in [0.25, 0.3) is 0 Å². The fourth-order valence-corrected chi connectivity index (χ4v) is 3.65. The fraction of sp³-hybridized carbons (Fsp3) is 0.0833. The zero-order valence-electron chi connectivity index (χ0n) is 8.67. The van der Waals surface area contributed by atoms with Crippen LogP contribution in [0.4, 0.5) is 0 Å². The molecule has 0 aliphatic heterocycles. The van der Waals surface area contributed by atoms with Crippen molar-refractivity contribution in [2.45, 2.75) is 0 Å². The normalized spacial score (nSPS) is 10.1. The second-order valence-corrected chi connectivity index (χ2v) is 6.19. The first kappa shape index (κ1) is 11.4. The topological polar surface area (TPSA) is 26.3 Å². The number of benzene rings is 1. The van der Waals surface area contributed by atoms with Crippen LogP contribution in [-0.2, 0) is 0 Å². The molecule has 0 saturated carbocycles. The molecule has 82 valence electrons. The Morgan fingerprint density at radius 1 is 1.25 bits per heavy atom. The Hall–Kier alpha value is -1.09. The summed E-state index contributed by atoms with van der Waals surface area (Å²) >= 11 is 1.36. The molecule has 1 heterocycles. The third kappa shape index (κ3) is 2.73. The van der Waals surface area contributed by atoms with Crippen LogP contribution in [0.3, 0.4) is 0 Å². The van der Waals surface area contributed by atoms with Crippen LogP contribution in [0.15, 0.2) is 41.8 Å². The number of carbonyl (C=O) groups is 1. The second kappa shape index (κ2) is 5.30. The summed E-state index contributed by atoms with van der Waals surface area (Å²) in [7, 11) is 1.64. The van der Waals surface area contributed by atoms with Crippen LogP contribution in [0.25, 0.3) is 0 Å². The van der Waals surface area contributed by atoms with E-state index in [1.165, 1.54) is 11.3 Å². The van der Waals surface area contributed by atoms with Gasteiger partial charge in [-0.05, 0) is 0 Å². The summed E-state index contributed by atoms with van der Waals surface area (Å²) < 4.78 is 6.38. The van der Waals surface area contributed by atoms with Crippen molar-refractivity contribution in [3.8, 4) is 5.75 Å². The molecule has 2 nitrogen and oxygen atoms in total. The second-order valence-electron chi connectivity index (χ2n) is 3.04. The molecule has 0 N–H and O–H groups in total. The predicted molar refractivity (Wildman–Crippen MR) is 67.0 cm³/mol. The van der Waals surface area contributed by atoms with Gasteiger partial charge < -0.3 is 0 Å². The van der Waals surface area contributed by atoms with E-state index in [0.717, 1.165) is 15.1 Å². The van der Waals surface area contributed by atoms with Gasteiger partial charge in [0.15, 0.2) is 0 Å². The van der Waals surface area contributed by atoms with Crippen LogP contribution >= 0.6 is 11.3 Å². The number of carbonyl (C=O) groups excluding carboxylic acids is 1. The molecule has 0 saturated heterocycles. The van der Waals surface area contributed by atoms with Gasteiger partial charge in [-0.25, -0.2) is 0 Å². The summed E-state index contributed by atoms with van der Waals surface area (Å²) in [5.74, 6) is 0.822. The first-order valence-electron chi connectivity index (χ1n) is 4.69. The third-order valence-electron chi connectivity index (χ3n) is 1.99. The first-order chi connectivity index (χ1) is 7.79. The van der Waals surface area contributed by atoms with Gasteiger partial charge in [0.2, 0.25) is 0 Å². The summed E-state index contributed by atoms with van der Waals surface area (Å²) in [6, 6.07) is 11.5. The molecule has 0 atom stereocenters. The Bertz CT molecular complexity index is 462. The van der Waals surface area contributed by atoms with Gasteiger partial charge in [-0.2, -0.15) is 0 Å². The van der Waals surface area contributed by atoms with Gasteiger partial charge in [-0.15, -0.1) is 0 Å². The number of methoxy groups -OCH3 is 1. The summed E-state index contributed by atoms with van der Waals surface area (Å²) in [5, 5.41) is 1.93. The van der Waals surface area contributed by atoms with Gasteiger partial charge in [0.05, 0.1) is 0 Å². The summed E-state index contributed by atoms with van der Waals surface area (Å²) in [4.78, 5) is 12.7. The number of hydrogen-bond acceptors (Lipinski definition) is 3. The van der Waals surface area contributed by atoms with E-state index in [1.54, 1.807) is 7.11 Å². The number of rotatable bonds is 4. The molecular formula is C12H10O2SSe. The zero-order valence-corrected chi connectivity index (χ0v) is 11.2. The summed E-state index contributed by atoms with van der Waals surface area (Å²) in [6.45, 7) is 0. The average Bonchev–Trinajstić information content (AvgIpc) is 2.83. The molecule has 0 fully saturated rings. The molecule has 1 aromatic carbocycles. The fourth-order valence-electron chi connectivity index (χ4n) is 1.20. The Kier molecular flexibility index (Phi) is 3.78. The van der Waals surface area contributed by atoms with Gasteiger partial charge in [0, 0.05) is 0 Å². The Morgan fingerprint density at radius 3 is 2.56 bits per heavy atom. The number of thiophene rings is 1. The number of hydrogen-bond donors (Lipinski definition) is 0. The van der Waals surface area contributed by atoms with Crippen molar-refractivity contribution in [3.63, 3.8) is 0 Å². The van der Waals surface area contributed by atoms with Crippen molar-refractivity contribution in [2.75, 3.05) is 7.11 Å². The quantitative estimate of drug-likeness (QED) is 0.806. The van der Waals surface area contributed by atoms with Crippen LogP contribution in [-0.4, -0.2) is 26.7 Å². The van der Waals surface area contributed by atoms with Crippen LogP contribution in [0, 0.1) is 0 Å². The third-order valence-corrected chi connectivity index (χ3v) is 5.07.